The quantitative estimate of drug-likeness (QED) is 0.0842. The number of hydrogen-bond acceptors (Lipinski definition) is 6. The van der Waals surface area contributed by atoms with Gasteiger partial charge in [-0.25, -0.2) is 9.59 Å². The molecule has 208 valence electrons. The molecule has 3 aromatic rings. The van der Waals surface area contributed by atoms with Crippen LogP contribution in [0, 0.1) is 5.92 Å². The summed E-state index contributed by atoms with van der Waals surface area (Å²) in [6, 6.07) is 21.5. The Balaban J connectivity index is 1.45. The Kier molecular flexibility index (Phi) is 12.4. The lowest BCUT2D eigenvalue weighted by molar-refractivity contribution is 0.0732. The predicted octanol–water partition coefficient (Wildman–Crippen LogP) is 8.87. The molecular formula is C33H40O6. The summed E-state index contributed by atoms with van der Waals surface area (Å²) >= 11 is 0. The normalized spacial score (nSPS) is 11.5. The average molecular weight is 533 g/mol. The van der Waals surface area contributed by atoms with Gasteiger partial charge in [-0.3, -0.25) is 0 Å². The molecule has 0 bridgehead atoms. The maximum absolute atomic E-state index is 12.6. The van der Waals surface area contributed by atoms with E-state index in [0.29, 0.717) is 23.7 Å². The van der Waals surface area contributed by atoms with Crippen LogP contribution in [0.5, 0.6) is 17.2 Å². The van der Waals surface area contributed by atoms with Gasteiger partial charge in [-0.1, -0.05) is 83.6 Å². The number of benzene rings is 3. The van der Waals surface area contributed by atoms with E-state index in [9.17, 15) is 9.59 Å². The van der Waals surface area contributed by atoms with Crippen LogP contribution in [-0.2, 0) is 4.74 Å². The van der Waals surface area contributed by atoms with E-state index in [1.807, 2.05) is 50.2 Å². The number of carbonyl (C=O) groups is 2. The summed E-state index contributed by atoms with van der Waals surface area (Å²) < 4.78 is 21.6. The highest BCUT2D eigenvalue weighted by Gasteiger charge is 2.12. The molecule has 0 aliphatic heterocycles. The van der Waals surface area contributed by atoms with Crippen LogP contribution in [0.3, 0.4) is 0 Å². The highest BCUT2D eigenvalue weighted by atomic mass is 16.7. The van der Waals surface area contributed by atoms with Crippen LogP contribution in [0.4, 0.5) is 4.79 Å². The second-order valence-corrected chi connectivity index (χ2v) is 9.76. The third-order valence-corrected chi connectivity index (χ3v) is 6.49. The summed E-state index contributed by atoms with van der Waals surface area (Å²) in [6.07, 6.45) is 7.61. The SMILES string of the molecule is CCCCCCCCOc1ccc(-c2ccc(C(=O)Oc3ccc(OC(=O)OCC(C)CC)cc3)cc2)cc1. The first-order valence-electron chi connectivity index (χ1n) is 14.0. The van der Waals surface area contributed by atoms with Crippen LogP contribution in [0.25, 0.3) is 11.1 Å². The van der Waals surface area contributed by atoms with Crippen molar-refractivity contribution in [1.29, 1.82) is 0 Å². The summed E-state index contributed by atoms with van der Waals surface area (Å²) in [5, 5.41) is 0. The molecule has 0 saturated heterocycles. The van der Waals surface area contributed by atoms with Gasteiger partial charge in [0.25, 0.3) is 0 Å². The number of unbranched alkanes of at least 4 members (excludes halogenated alkanes) is 5. The standard InChI is InChI=1S/C33H40O6/c1-4-6-7-8-9-10-23-36-29-17-15-27(16-18-29)26-11-13-28(14-12-26)32(34)38-30-19-21-31(22-20-30)39-33(35)37-24-25(3)5-2/h11-22,25H,4-10,23-24H2,1-3H3. The van der Waals surface area contributed by atoms with E-state index in [-0.39, 0.29) is 5.92 Å². The molecule has 0 aromatic heterocycles. The van der Waals surface area contributed by atoms with Crippen molar-refractivity contribution in [2.24, 2.45) is 5.92 Å². The molecule has 3 aromatic carbocycles. The molecule has 0 spiro atoms. The Hall–Kier alpha value is -3.80. The van der Waals surface area contributed by atoms with Crippen LogP contribution >= 0.6 is 0 Å². The van der Waals surface area contributed by atoms with Crippen molar-refractivity contribution in [3.8, 4) is 28.4 Å². The summed E-state index contributed by atoms with van der Waals surface area (Å²) in [4.78, 5) is 24.4. The second-order valence-electron chi connectivity index (χ2n) is 9.76. The van der Waals surface area contributed by atoms with Gasteiger partial charge in [0, 0.05) is 0 Å². The molecular weight excluding hydrogens is 492 g/mol. The summed E-state index contributed by atoms with van der Waals surface area (Å²) in [5.41, 5.74) is 2.47. The zero-order chi connectivity index (χ0) is 27.9. The molecule has 1 atom stereocenters. The number of esters is 1. The van der Waals surface area contributed by atoms with E-state index in [4.69, 9.17) is 18.9 Å². The van der Waals surface area contributed by atoms with Crippen molar-refractivity contribution < 1.29 is 28.5 Å². The molecule has 0 amide bonds. The molecule has 3 rings (SSSR count). The van der Waals surface area contributed by atoms with Crippen molar-refractivity contribution in [3.05, 3.63) is 78.4 Å². The molecule has 0 aliphatic carbocycles. The smallest absolute Gasteiger partial charge is 0.494 e. The van der Waals surface area contributed by atoms with Gasteiger partial charge in [-0.2, -0.15) is 0 Å². The van der Waals surface area contributed by atoms with E-state index in [2.05, 4.69) is 6.92 Å². The minimum absolute atomic E-state index is 0.271. The predicted molar refractivity (Wildman–Crippen MR) is 154 cm³/mol. The lowest BCUT2D eigenvalue weighted by Crippen LogP contribution is -2.15. The van der Waals surface area contributed by atoms with Crippen LogP contribution in [0.2, 0.25) is 0 Å². The summed E-state index contributed by atoms with van der Waals surface area (Å²) in [6.45, 7) is 7.30. The van der Waals surface area contributed by atoms with Gasteiger partial charge in [-0.15, -0.1) is 0 Å². The Morgan fingerprint density at radius 3 is 1.82 bits per heavy atom. The molecule has 39 heavy (non-hydrogen) atoms. The number of ether oxygens (including phenoxy) is 4. The fourth-order valence-corrected chi connectivity index (χ4v) is 3.81. The van der Waals surface area contributed by atoms with Crippen molar-refractivity contribution in [1.82, 2.24) is 0 Å². The molecule has 6 nitrogen and oxygen atoms in total. The first kappa shape index (κ1) is 29.8. The first-order chi connectivity index (χ1) is 19.0. The molecule has 1 unspecified atom stereocenters. The zero-order valence-electron chi connectivity index (χ0n) is 23.3. The maximum atomic E-state index is 12.6. The average Bonchev–Trinajstić information content (AvgIpc) is 2.97. The largest absolute Gasteiger partial charge is 0.513 e. The fraction of sp³-hybridized carbons (Fsp3) is 0.394. The molecule has 0 saturated carbocycles. The summed E-state index contributed by atoms with van der Waals surface area (Å²) in [5.74, 6) is 1.33. The Bertz CT molecular complexity index is 1140. The van der Waals surface area contributed by atoms with Crippen LogP contribution in [0.1, 0.15) is 76.1 Å². The monoisotopic (exact) mass is 532 g/mol. The van der Waals surface area contributed by atoms with E-state index >= 15 is 0 Å². The number of rotatable bonds is 15. The molecule has 6 heteroatoms. The van der Waals surface area contributed by atoms with E-state index in [1.165, 1.54) is 32.1 Å². The number of carbonyl (C=O) groups excluding carboxylic acids is 2. The Morgan fingerprint density at radius 1 is 0.667 bits per heavy atom. The Morgan fingerprint density at radius 2 is 1.21 bits per heavy atom. The molecule has 0 radical (unpaired) electrons. The molecule has 0 N–H and O–H groups in total. The third-order valence-electron chi connectivity index (χ3n) is 6.49. The minimum atomic E-state index is -0.754. The van der Waals surface area contributed by atoms with Crippen molar-refractivity contribution in [3.63, 3.8) is 0 Å². The van der Waals surface area contributed by atoms with Gasteiger partial charge in [0.1, 0.15) is 17.2 Å². The molecule has 0 heterocycles. The highest BCUT2D eigenvalue weighted by Crippen LogP contribution is 2.24. The minimum Gasteiger partial charge on any atom is -0.494 e. The number of hydrogen-bond donors (Lipinski definition) is 0. The maximum Gasteiger partial charge on any atom is 0.513 e. The van der Waals surface area contributed by atoms with Gasteiger partial charge in [0.2, 0.25) is 0 Å². The lowest BCUT2D eigenvalue weighted by atomic mass is 10.0. The van der Waals surface area contributed by atoms with Crippen LogP contribution in [-0.4, -0.2) is 25.3 Å². The van der Waals surface area contributed by atoms with Crippen LogP contribution < -0.4 is 14.2 Å². The Labute approximate surface area is 232 Å². The van der Waals surface area contributed by atoms with Crippen molar-refractivity contribution in [2.45, 2.75) is 65.7 Å². The van der Waals surface area contributed by atoms with Gasteiger partial charge in [-0.05, 0) is 72.0 Å². The van der Waals surface area contributed by atoms with Gasteiger partial charge < -0.3 is 18.9 Å². The molecule has 0 aliphatic rings. The fourth-order valence-electron chi connectivity index (χ4n) is 3.81. The molecule has 0 fully saturated rings. The van der Waals surface area contributed by atoms with Gasteiger partial charge in [0.15, 0.2) is 0 Å². The topological polar surface area (TPSA) is 71.1 Å². The highest BCUT2D eigenvalue weighted by molar-refractivity contribution is 5.91. The third kappa shape index (κ3) is 10.5. The second kappa shape index (κ2) is 16.2. The summed E-state index contributed by atoms with van der Waals surface area (Å²) in [7, 11) is 0. The van der Waals surface area contributed by atoms with Crippen LogP contribution in [0.15, 0.2) is 72.8 Å². The van der Waals surface area contributed by atoms with E-state index in [0.717, 1.165) is 36.3 Å². The van der Waals surface area contributed by atoms with E-state index in [1.54, 1.807) is 36.4 Å². The van der Waals surface area contributed by atoms with Gasteiger partial charge >= 0.3 is 12.1 Å². The van der Waals surface area contributed by atoms with Crippen molar-refractivity contribution >= 4 is 12.1 Å². The van der Waals surface area contributed by atoms with E-state index < -0.39 is 12.1 Å². The lowest BCUT2D eigenvalue weighted by Gasteiger charge is -2.10. The first-order valence-corrected chi connectivity index (χ1v) is 14.0. The van der Waals surface area contributed by atoms with Crippen molar-refractivity contribution in [2.75, 3.05) is 13.2 Å². The zero-order valence-corrected chi connectivity index (χ0v) is 23.3. The van der Waals surface area contributed by atoms with Gasteiger partial charge in [0.05, 0.1) is 18.8 Å².